The number of alkyl halides is 1. The predicted molar refractivity (Wildman–Crippen MR) is 82.0 cm³/mol. The van der Waals surface area contributed by atoms with Gasteiger partial charge in [0.1, 0.15) is 11.3 Å². The first-order chi connectivity index (χ1) is 9.66. The van der Waals surface area contributed by atoms with Crippen LogP contribution in [-0.4, -0.2) is 39.1 Å². The van der Waals surface area contributed by atoms with Crippen LogP contribution in [0.1, 0.15) is 31.5 Å². The first-order valence-corrected chi connectivity index (χ1v) is 7.73. The molecule has 5 heteroatoms. The first-order valence-electron chi connectivity index (χ1n) is 7.20. The van der Waals surface area contributed by atoms with Crippen LogP contribution in [0.2, 0.25) is 0 Å². The van der Waals surface area contributed by atoms with Crippen molar-refractivity contribution in [1.82, 2.24) is 19.4 Å². The zero-order chi connectivity index (χ0) is 14.2. The molecule has 0 radical (unpaired) electrons. The highest BCUT2D eigenvalue weighted by Crippen LogP contribution is 2.36. The van der Waals surface area contributed by atoms with E-state index in [1.165, 1.54) is 25.7 Å². The lowest BCUT2D eigenvalue weighted by Crippen LogP contribution is -2.45. The Hall–Kier alpha value is -1.13. The van der Waals surface area contributed by atoms with Gasteiger partial charge in [0.05, 0.1) is 5.88 Å². The van der Waals surface area contributed by atoms with Gasteiger partial charge in [-0.2, -0.15) is 0 Å². The number of imidazole rings is 1. The van der Waals surface area contributed by atoms with Gasteiger partial charge in [0.25, 0.3) is 0 Å². The van der Waals surface area contributed by atoms with Crippen LogP contribution in [0.25, 0.3) is 11.2 Å². The Labute approximate surface area is 124 Å². The quantitative estimate of drug-likeness (QED) is 0.812. The Bertz CT molecular complexity index is 599. The maximum atomic E-state index is 6.09. The summed E-state index contributed by atoms with van der Waals surface area (Å²) in [5, 5.41) is 0. The molecule has 0 unspecified atom stereocenters. The third kappa shape index (κ3) is 2.21. The summed E-state index contributed by atoms with van der Waals surface area (Å²) in [5.74, 6) is 1.35. The minimum Gasteiger partial charge on any atom is -0.310 e. The minimum atomic E-state index is 0.214. The second-order valence-corrected chi connectivity index (χ2v) is 6.19. The number of hydrogen-bond acceptors (Lipinski definition) is 3. The molecule has 1 fully saturated rings. The first kappa shape index (κ1) is 13.8. The number of hydrogen-bond donors (Lipinski definition) is 0. The van der Waals surface area contributed by atoms with E-state index >= 15 is 0 Å². The van der Waals surface area contributed by atoms with Gasteiger partial charge in [-0.3, -0.25) is 0 Å². The van der Waals surface area contributed by atoms with Crippen LogP contribution in [0.15, 0.2) is 18.3 Å². The lowest BCUT2D eigenvalue weighted by molar-refractivity contribution is 0.134. The number of likely N-dealkylation sites (N-methyl/N-ethyl adjacent to an activating group) is 1. The molecule has 20 heavy (non-hydrogen) atoms. The molecule has 0 bridgehead atoms. The molecule has 2 heterocycles. The summed E-state index contributed by atoms with van der Waals surface area (Å²) >= 11 is 6.09. The van der Waals surface area contributed by atoms with E-state index in [0.29, 0.717) is 5.88 Å². The van der Waals surface area contributed by atoms with Crippen LogP contribution in [0.5, 0.6) is 0 Å². The maximum Gasteiger partial charge on any atom is 0.160 e. The largest absolute Gasteiger partial charge is 0.310 e. The van der Waals surface area contributed by atoms with E-state index < -0.39 is 0 Å². The Morgan fingerprint density at radius 2 is 2.10 bits per heavy atom. The minimum absolute atomic E-state index is 0.214. The molecule has 0 spiro atoms. The third-order valence-electron chi connectivity index (χ3n) is 4.64. The molecule has 2 aromatic rings. The molecule has 0 atom stereocenters. The van der Waals surface area contributed by atoms with E-state index in [9.17, 15) is 0 Å². The molecule has 3 rings (SSSR count). The van der Waals surface area contributed by atoms with E-state index in [0.717, 1.165) is 23.5 Å². The Balaban J connectivity index is 2.05. The zero-order valence-corrected chi connectivity index (χ0v) is 12.9. The van der Waals surface area contributed by atoms with Crippen LogP contribution in [0.3, 0.4) is 0 Å². The van der Waals surface area contributed by atoms with Crippen LogP contribution >= 0.6 is 11.6 Å². The monoisotopic (exact) mass is 292 g/mol. The Morgan fingerprint density at radius 1 is 1.35 bits per heavy atom. The molecule has 0 amide bonds. The normalized spacial score (nSPS) is 18.2. The van der Waals surface area contributed by atoms with Gasteiger partial charge >= 0.3 is 0 Å². The van der Waals surface area contributed by atoms with Crippen molar-refractivity contribution in [3.63, 3.8) is 0 Å². The summed E-state index contributed by atoms with van der Waals surface area (Å²) in [6.45, 7) is 0.926. The van der Waals surface area contributed by atoms with Crippen LogP contribution in [-0.2, 0) is 12.4 Å². The lowest BCUT2D eigenvalue weighted by atomic mass is 9.96. The van der Waals surface area contributed by atoms with E-state index in [-0.39, 0.29) is 5.54 Å². The van der Waals surface area contributed by atoms with Gasteiger partial charge in [0, 0.05) is 18.3 Å². The Morgan fingerprint density at radius 3 is 2.75 bits per heavy atom. The van der Waals surface area contributed by atoms with Gasteiger partial charge in [-0.15, -0.1) is 11.6 Å². The van der Waals surface area contributed by atoms with Crippen molar-refractivity contribution in [2.24, 2.45) is 0 Å². The molecule has 0 aliphatic heterocycles. The lowest BCUT2D eigenvalue weighted by Gasteiger charge is -2.37. The fourth-order valence-corrected chi connectivity index (χ4v) is 3.55. The molecular weight excluding hydrogens is 272 g/mol. The molecule has 1 saturated carbocycles. The van der Waals surface area contributed by atoms with Crippen LogP contribution in [0.4, 0.5) is 0 Å². The smallest absolute Gasteiger partial charge is 0.160 e. The topological polar surface area (TPSA) is 34.0 Å². The van der Waals surface area contributed by atoms with Gasteiger partial charge in [-0.25, -0.2) is 9.97 Å². The van der Waals surface area contributed by atoms with Crippen molar-refractivity contribution < 1.29 is 0 Å². The maximum absolute atomic E-state index is 6.09. The molecule has 2 aromatic heterocycles. The second-order valence-electron chi connectivity index (χ2n) is 5.92. The molecule has 108 valence electrons. The number of fused-ring (bicyclic) bond motifs is 1. The summed E-state index contributed by atoms with van der Waals surface area (Å²) in [6, 6.07) is 3.93. The van der Waals surface area contributed by atoms with E-state index in [4.69, 9.17) is 11.6 Å². The highest BCUT2D eigenvalue weighted by atomic mass is 35.5. The second kappa shape index (κ2) is 5.34. The Kier molecular flexibility index (Phi) is 3.69. The molecule has 1 aliphatic carbocycles. The number of rotatable bonds is 4. The molecular formula is C15H21ClN4. The summed E-state index contributed by atoms with van der Waals surface area (Å²) in [4.78, 5) is 11.5. The van der Waals surface area contributed by atoms with Gasteiger partial charge < -0.3 is 9.47 Å². The predicted octanol–water partition coefficient (Wildman–Crippen LogP) is 3.04. The van der Waals surface area contributed by atoms with Gasteiger partial charge in [-0.1, -0.05) is 12.8 Å². The fraction of sp³-hybridized carbons (Fsp3) is 0.600. The van der Waals surface area contributed by atoms with Crippen molar-refractivity contribution in [1.29, 1.82) is 0 Å². The molecule has 1 aliphatic rings. The van der Waals surface area contributed by atoms with Crippen molar-refractivity contribution >= 4 is 22.8 Å². The summed E-state index contributed by atoms with van der Waals surface area (Å²) in [6.07, 6.45) is 6.89. The number of aromatic nitrogens is 3. The zero-order valence-electron chi connectivity index (χ0n) is 12.1. The molecule has 0 N–H and O–H groups in total. The van der Waals surface area contributed by atoms with Crippen LogP contribution < -0.4 is 0 Å². The number of pyridine rings is 1. The van der Waals surface area contributed by atoms with Crippen molar-refractivity contribution in [3.05, 3.63) is 24.2 Å². The average molecular weight is 293 g/mol. The average Bonchev–Trinajstić information content (AvgIpc) is 3.05. The van der Waals surface area contributed by atoms with Crippen molar-refractivity contribution in [2.45, 2.75) is 43.6 Å². The van der Waals surface area contributed by atoms with E-state index in [2.05, 4.69) is 33.5 Å². The number of nitrogens with zero attached hydrogens (tertiary/aromatic N) is 4. The third-order valence-corrected chi connectivity index (χ3v) is 4.88. The molecule has 0 saturated heterocycles. The molecule has 0 aromatic carbocycles. The molecule has 4 nitrogen and oxygen atoms in total. The summed E-state index contributed by atoms with van der Waals surface area (Å²) in [7, 11) is 4.36. The number of halogens is 1. The van der Waals surface area contributed by atoms with Gasteiger partial charge in [0.2, 0.25) is 0 Å². The summed E-state index contributed by atoms with van der Waals surface area (Å²) < 4.78 is 2.22. The highest BCUT2D eigenvalue weighted by molar-refractivity contribution is 6.16. The fourth-order valence-electron chi connectivity index (χ4n) is 3.35. The van der Waals surface area contributed by atoms with E-state index in [1.807, 2.05) is 18.3 Å². The van der Waals surface area contributed by atoms with Crippen LogP contribution in [0, 0.1) is 0 Å². The highest BCUT2D eigenvalue weighted by Gasteiger charge is 2.37. The van der Waals surface area contributed by atoms with Crippen molar-refractivity contribution in [3.8, 4) is 0 Å². The summed E-state index contributed by atoms with van der Waals surface area (Å²) in [5.41, 5.74) is 2.11. The van der Waals surface area contributed by atoms with Gasteiger partial charge in [-0.05, 0) is 39.1 Å². The van der Waals surface area contributed by atoms with Gasteiger partial charge in [0.15, 0.2) is 5.65 Å². The SMILES string of the molecule is CN(C)C1(Cn2c(CCl)nc3cccnc32)CCCC1. The van der Waals surface area contributed by atoms with E-state index in [1.54, 1.807) is 0 Å². The standard InChI is InChI=1S/C15H21ClN4/c1-19(2)15(7-3-4-8-15)11-20-13(10-16)18-12-6-5-9-17-14(12)20/h5-6,9H,3-4,7-8,10-11H2,1-2H3. The van der Waals surface area contributed by atoms with Crippen molar-refractivity contribution in [2.75, 3.05) is 14.1 Å².